The van der Waals surface area contributed by atoms with Gasteiger partial charge < -0.3 is 35.0 Å². The molecule has 2 aromatic carbocycles. The van der Waals surface area contributed by atoms with Crippen LogP contribution < -0.4 is 0 Å². The van der Waals surface area contributed by atoms with Gasteiger partial charge in [-0.05, 0) is 41.3 Å². The molecule has 1 fully saturated rings. The molecule has 7 nitrogen and oxygen atoms in total. The monoisotopic (exact) mass is 374 g/mol. The van der Waals surface area contributed by atoms with Crippen molar-refractivity contribution in [3.05, 3.63) is 64.7 Å². The van der Waals surface area contributed by atoms with Crippen LogP contribution >= 0.6 is 0 Å². The number of aliphatic hydroxyl groups excluding tert-OH is 4. The van der Waals surface area contributed by atoms with Crippen LogP contribution in [0.25, 0.3) is 0 Å². The number of benzene rings is 2. The molecule has 0 bridgehead atoms. The van der Waals surface area contributed by atoms with Crippen LogP contribution in [0.2, 0.25) is 0 Å². The van der Waals surface area contributed by atoms with Gasteiger partial charge in [0, 0.05) is 5.56 Å². The van der Waals surface area contributed by atoms with Gasteiger partial charge in [0.25, 0.3) is 0 Å². The molecule has 7 heteroatoms. The van der Waals surface area contributed by atoms with Gasteiger partial charge in [-0.1, -0.05) is 24.3 Å². The highest BCUT2D eigenvalue weighted by Crippen LogP contribution is 2.46. The fourth-order valence-corrected chi connectivity index (χ4v) is 3.78. The zero-order valence-corrected chi connectivity index (χ0v) is 14.5. The number of phenolic OH excluding ortho intramolecular Hbond substituents is 1. The number of fused-ring (bicyclic) bond motifs is 2. The van der Waals surface area contributed by atoms with Crippen molar-refractivity contribution in [2.45, 2.75) is 43.2 Å². The maximum atomic E-state index is 10.6. The Bertz CT molecular complexity index is 820. The molecule has 144 valence electrons. The van der Waals surface area contributed by atoms with Crippen molar-refractivity contribution < 1.29 is 35.0 Å². The average molecular weight is 374 g/mol. The minimum absolute atomic E-state index is 0.187. The van der Waals surface area contributed by atoms with Gasteiger partial charge in [-0.2, -0.15) is 0 Å². The van der Waals surface area contributed by atoms with Crippen molar-refractivity contribution >= 4 is 0 Å². The molecule has 1 unspecified atom stereocenters. The highest BCUT2D eigenvalue weighted by Gasteiger charge is 2.58. The summed E-state index contributed by atoms with van der Waals surface area (Å²) in [6.07, 6.45) is -4.91. The lowest BCUT2D eigenvalue weighted by Gasteiger charge is -2.46. The first-order chi connectivity index (χ1) is 12.9. The fraction of sp³-hybridized carbons (Fsp3) is 0.400. The van der Waals surface area contributed by atoms with Crippen molar-refractivity contribution in [2.24, 2.45) is 0 Å². The molecule has 0 aliphatic carbocycles. The highest BCUT2D eigenvalue weighted by atomic mass is 16.7. The van der Waals surface area contributed by atoms with Crippen molar-refractivity contribution in [3.8, 4) is 5.75 Å². The standard InChI is InChI=1S/C20H22O7/c21-9-16-17(23)18(24)19(25)20(27-16)15-8-12(1-4-13(15)10-26-20)7-11-2-5-14(22)6-3-11/h1-6,8,16-19,21-25H,7,9-10H2/t16-,17-,18+,19-,20?/m1/s1. The lowest BCUT2D eigenvalue weighted by molar-refractivity contribution is -0.368. The Balaban J connectivity index is 1.69. The number of hydrogen-bond donors (Lipinski definition) is 5. The third-order valence-corrected chi connectivity index (χ3v) is 5.29. The van der Waals surface area contributed by atoms with E-state index in [2.05, 4.69) is 0 Å². The number of aliphatic hydroxyl groups is 4. The minimum Gasteiger partial charge on any atom is -0.508 e. The van der Waals surface area contributed by atoms with E-state index in [-0.39, 0.29) is 12.4 Å². The predicted molar refractivity (Wildman–Crippen MR) is 93.8 cm³/mol. The molecule has 0 amide bonds. The Morgan fingerprint density at radius 1 is 0.963 bits per heavy atom. The zero-order chi connectivity index (χ0) is 19.2. The van der Waals surface area contributed by atoms with Crippen LogP contribution in [0, 0.1) is 0 Å². The smallest absolute Gasteiger partial charge is 0.225 e. The predicted octanol–water partition coefficient (Wildman–Crippen LogP) is 0.140. The third-order valence-electron chi connectivity index (χ3n) is 5.29. The highest BCUT2D eigenvalue weighted by molar-refractivity contribution is 5.41. The summed E-state index contributed by atoms with van der Waals surface area (Å²) >= 11 is 0. The molecule has 2 aliphatic rings. The molecule has 2 heterocycles. The van der Waals surface area contributed by atoms with Crippen LogP contribution in [0.15, 0.2) is 42.5 Å². The Hall–Kier alpha value is -2.00. The van der Waals surface area contributed by atoms with E-state index in [0.29, 0.717) is 12.0 Å². The van der Waals surface area contributed by atoms with E-state index in [1.54, 1.807) is 12.1 Å². The fourth-order valence-electron chi connectivity index (χ4n) is 3.78. The van der Waals surface area contributed by atoms with E-state index in [1.165, 1.54) is 0 Å². The summed E-state index contributed by atoms with van der Waals surface area (Å²) in [5.74, 6) is -1.44. The molecule has 1 spiro atoms. The van der Waals surface area contributed by atoms with E-state index in [4.69, 9.17) is 9.47 Å². The first-order valence-corrected chi connectivity index (χ1v) is 8.81. The number of phenols is 1. The summed E-state index contributed by atoms with van der Waals surface area (Å²) in [6, 6.07) is 12.5. The van der Waals surface area contributed by atoms with Crippen molar-refractivity contribution in [2.75, 3.05) is 6.61 Å². The molecule has 2 aliphatic heterocycles. The van der Waals surface area contributed by atoms with E-state index in [0.717, 1.165) is 16.7 Å². The van der Waals surface area contributed by atoms with Gasteiger partial charge in [-0.15, -0.1) is 0 Å². The largest absolute Gasteiger partial charge is 0.508 e. The van der Waals surface area contributed by atoms with Gasteiger partial charge in [-0.3, -0.25) is 0 Å². The molecule has 27 heavy (non-hydrogen) atoms. The minimum atomic E-state index is -1.63. The molecular formula is C20H22O7. The van der Waals surface area contributed by atoms with Crippen LogP contribution in [-0.4, -0.2) is 56.6 Å². The number of rotatable bonds is 3. The lowest BCUT2D eigenvalue weighted by Crippen LogP contribution is -2.63. The zero-order valence-electron chi connectivity index (χ0n) is 14.5. The molecular weight excluding hydrogens is 352 g/mol. The summed E-state index contributed by atoms with van der Waals surface area (Å²) < 4.78 is 11.5. The van der Waals surface area contributed by atoms with Gasteiger partial charge in [0.1, 0.15) is 30.2 Å². The summed E-state index contributed by atoms with van der Waals surface area (Å²) in [4.78, 5) is 0. The van der Waals surface area contributed by atoms with Crippen molar-refractivity contribution in [1.29, 1.82) is 0 Å². The van der Waals surface area contributed by atoms with Gasteiger partial charge in [0.2, 0.25) is 5.79 Å². The molecule has 0 radical (unpaired) electrons. The molecule has 0 aromatic heterocycles. The van der Waals surface area contributed by atoms with Crippen LogP contribution in [0.1, 0.15) is 22.3 Å². The molecule has 5 N–H and O–H groups in total. The number of hydrogen-bond acceptors (Lipinski definition) is 7. The quantitative estimate of drug-likeness (QED) is 0.518. The lowest BCUT2D eigenvalue weighted by atomic mass is 9.86. The van der Waals surface area contributed by atoms with Crippen molar-refractivity contribution in [1.82, 2.24) is 0 Å². The number of aromatic hydroxyl groups is 1. The topological polar surface area (TPSA) is 120 Å². The SMILES string of the molecule is OC[C@H]1OC2(OCc3ccc(Cc4ccc(O)cc4)cc32)[C@H](O)[C@@H](O)[C@@H]1O. The van der Waals surface area contributed by atoms with E-state index in [1.807, 2.05) is 30.3 Å². The van der Waals surface area contributed by atoms with E-state index >= 15 is 0 Å². The summed E-state index contributed by atoms with van der Waals surface area (Å²) in [5.41, 5.74) is 3.32. The molecule has 4 rings (SSSR count). The van der Waals surface area contributed by atoms with Gasteiger partial charge in [0.15, 0.2) is 0 Å². The van der Waals surface area contributed by atoms with Crippen LogP contribution in [0.4, 0.5) is 0 Å². The Morgan fingerprint density at radius 2 is 1.67 bits per heavy atom. The molecule has 1 saturated heterocycles. The third kappa shape index (κ3) is 3.02. The Labute approximate surface area is 156 Å². The van der Waals surface area contributed by atoms with Crippen molar-refractivity contribution in [3.63, 3.8) is 0 Å². The van der Waals surface area contributed by atoms with Crippen LogP contribution in [0.3, 0.4) is 0 Å². The molecule has 2 aromatic rings. The first-order valence-electron chi connectivity index (χ1n) is 8.81. The average Bonchev–Trinajstić information content (AvgIpc) is 3.04. The van der Waals surface area contributed by atoms with Crippen LogP contribution in [0.5, 0.6) is 5.75 Å². The second-order valence-electron chi connectivity index (χ2n) is 7.06. The second-order valence-corrected chi connectivity index (χ2v) is 7.06. The normalized spacial score (nSPS) is 32.6. The van der Waals surface area contributed by atoms with E-state index in [9.17, 15) is 25.5 Å². The maximum absolute atomic E-state index is 10.6. The van der Waals surface area contributed by atoms with Gasteiger partial charge in [0.05, 0.1) is 13.2 Å². The second kappa shape index (κ2) is 6.87. The Morgan fingerprint density at radius 3 is 2.37 bits per heavy atom. The molecule has 5 atom stereocenters. The maximum Gasteiger partial charge on any atom is 0.225 e. The van der Waals surface area contributed by atoms with Gasteiger partial charge >= 0.3 is 0 Å². The summed E-state index contributed by atoms with van der Waals surface area (Å²) in [5, 5.41) is 49.7. The molecule has 0 saturated carbocycles. The first kappa shape index (κ1) is 18.4. The summed E-state index contributed by atoms with van der Waals surface area (Å²) in [7, 11) is 0. The van der Waals surface area contributed by atoms with E-state index < -0.39 is 36.8 Å². The summed E-state index contributed by atoms with van der Waals surface area (Å²) in [6.45, 7) is -0.328. The number of ether oxygens (including phenoxy) is 2. The van der Waals surface area contributed by atoms with Gasteiger partial charge in [-0.25, -0.2) is 0 Å². The van der Waals surface area contributed by atoms with Crippen LogP contribution in [-0.2, 0) is 28.3 Å². The Kier molecular flexibility index (Phi) is 4.67.